The van der Waals surface area contributed by atoms with Crippen LogP contribution in [-0.4, -0.2) is 157 Å². The van der Waals surface area contributed by atoms with Crippen molar-refractivity contribution in [2.24, 2.45) is 0 Å². The number of aliphatic hydroxyl groups is 8. The molecule has 0 spiro atoms. The standard InChI is InChI=1S/C24H34O17/c1-8(26)14-10(27)2-9(3-11(14)28)39-22-19(41-23-20(34)24(35,6-25)7-38-23)17(32)16(31)13(40-22)5-37-21-18(33)15(30)12(29)4-36-21/h2-3,12-13,15-23,25,27-35H,4-7H2,1H3. The highest BCUT2D eigenvalue weighted by Gasteiger charge is 2.54. The predicted molar refractivity (Wildman–Crippen MR) is 127 cm³/mol. The van der Waals surface area contributed by atoms with Gasteiger partial charge in [0.05, 0.1) is 26.4 Å². The minimum atomic E-state index is -2.09. The molecule has 12 atom stereocenters. The van der Waals surface area contributed by atoms with Gasteiger partial charge < -0.3 is 79.5 Å². The summed E-state index contributed by atoms with van der Waals surface area (Å²) < 4.78 is 32.7. The van der Waals surface area contributed by atoms with Gasteiger partial charge in [-0.2, -0.15) is 0 Å². The third-order valence-corrected chi connectivity index (χ3v) is 7.07. The van der Waals surface area contributed by atoms with Crippen LogP contribution < -0.4 is 4.74 Å². The van der Waals surface area contributed by atoms with E-state index < -0.39 is 110 Å². The van der Waals surface area contributed by atoms with Gasteiger partial charge in [0.25, 0.3) is 0 Å². The molecule has 1 aromatic carbocycles. The van der Waals surface area contributed by atoms with E-state index in [0.29, 0.717) is 0 Å². The number of carbonyl (C=O) groups is 1. The van der Waals surface area contributed by atoms with Crippen LogP contribution >= 0.6 is 0 Å². The minimum Gasteiger partial charge on any atom is -0.507 e. The Morgan fingerprint density at radius 3 is 2.20 bits per heavy atom. The Labute approximate surface area is 232 Å². The average molecular weight is 595 g/mol. The van der Waals surface area contributed by atoms with Crippen molar-refractivity contribution < 1.29 is 84.3 Å². The summed E-state index contributed by atoms with van der Waals surface area (Å²) in [5, 5.41) is 102. The first-order chi connectivity index (χ1) is 19.3. The first-order valence-electron chi connectivity index (χ1n) is 12.6. The van der Waals surface area contributed by atoms with E-state index in [1.54, 1.807) is 0 Å². The molecular formula is C24H34O17. The van der Waals surface area contributed by atoms with Gasteiger partial charge in [-0.1, -0.05) is 0 Å². The topological polar surface area (TPSA) is 275 Å². The molecule has 0 bridgehead atoms. The Kier molecular flexibility index (Phi) is 9.71. The molecule has 4 rings (SSSR count). The number of aliphatic hydroxyl groups excluding tert-OH is 7. The molecule has 3 fully saturated rings. The number of rotatable bonds is 9. The molecule has 3 saturated heterocycles. The van der Waals surface area contributed by atoms with Gasteiger partial charge >= 0.3 is 0 Å². The smallest absolute Gasteiger partial charge is 0.229 e. The average Bonchev–Trinajstić information content (AvgIpc) is 3.20. The number of ketones is 1. The van der Waals surface area contributed by atoms with Crippen LogP contribution in [-0.2, 0) is 23.7 Å². The quantitative estimate of drug-likeness (QED) is 0.120. The fourth-order valence-corrected chi connectivity index (χ4v) is 4.61. The molecule has 1 aromatic rings. The fourth-order valence-electron chi connectivity index (χ4n) is 4.61. The molecule has 3 aliphatic rings. The maximum atomic E-state index is 11.7. The largest absolute Gasteiger partial charge is 0.507 e. The lowest BCUT2D eigenvalue weighted by molar-refractivity contribution is -0.331. The molecule has 0 saturated carbocycles. The third-order valence-electron chi connectivity index (χ3n) is 7.07. The third kappa shape index (κ3) is 6.42. The summed E-state index contributed by atoms with van der Waals surface area (Å²) in [7, 11) is 0. The summed E-state index contributed by atoms with van der Waals surface area (Å²) in [4.78, 5) is 11.7. The van der Waals surface area contributed by atoms with Crippen molar-refractivity contribution in [1.82, 2.24) is 0 Å². The summed E-state index contributed by atoms with van der Waals surface area (Å²) in [6.07, 6.45) is -17.9. The summed E-state index contributed by atoms with van der Waals surface area (Å²) >= 11 is 0. The van der Waals surface area contributed by atoms with Gasteiger partial charge in [-0.05, 0) is 6.92 Å². The molecule has 12 unspecified atom stereocenters. The molecule has 3 aliphatic heterocycles. The first kappa shape index (κ1) is 31.7. The zero-order valence-corrected chi connectivity index (χ0v) is 21.7. The maximum Gasteiger partial charge on any atom is 0.229 e. The summed E-state index contributed by atoms with van der Waals surface area (Å²) in [5.74, 6) is -2.22. The zero-order valence-electron chi connectivity index (χ0n) is 21.7. The van der Waals surface area contributed by atoms with Crippen LogP contribution in [0.5, 0.6) is 17.2 Å². The molecule has 41 heavy (non-hydrogen) atoms. The Balaban J connectivity index is 1.55. The van der Waals surface area contributed by atoms with Crippen LogP contribution in [0, 0.1) is 0 Å². The van der Waals surface area contributed by atoms with Crippen LogP contribution in [0.1, 0.15) is 17.3 Å². The number of hydrogen-bond acceptors (Lipinski definition) is 17. The number of phenols is 2. The SMILES string of the molecule is CC(=O)c1c(O)cc(OC2OC(COC3OCC(O)C(O)C3O)C(O)C(O)C2OC2OCC(O)(CO)C2O)cc1O. The van der Waals surface area contributed by atoms with Gasteiger partial charge in [-0.25, -0.2) is 0 Å². The molecule has 17 nitrogen and oxygen atoms in total. The Morgan fingerprint density at radius 1 is 0.951 bits per heavy atom. The van der Waals surface area contributed by atoms with E-state index in [-0.39, 0.29) is 17.9 Å². The first-order valence-corrected chi connectivity index (χ1v) is 12.6. The highest BCUT2D eigenvalue weighted by molar-refractivity contribution is 5.99. The number of carbonyl (C=O) groups excluding carboxylic acids is 1. The van der Waals surface area contributed by atoms with E-state index in [1.165, 1.54) is 0 Å². The lowest BCUT2D eigenvalue weighted by Crippen LogP contribution is -2.63. The van der Waals surface area contributed by atoms with E-state index in [1.807, 2.05) is 0 Å². The molecule has 0 aliphatic carbocycles. The predicted octanol–water partition coefficient (Wildman–Crippen LogP) is -4.59. The van der Waals surface area contributed by atoms with Crippen LogP contribution in [0.4, 0.5) is 0 Å². The zero-order chi connectivity index (χ0) is 30.2. The number of Topliss-reactive ketones (excluding diaryl/α,β-unsaturated/α-hetero) is 1. The normalized spacial score (nSPS) is 41.3. The molecule has 0 amide bonds. The van der Waals surface area contributed by atoms with E-state index in [9.17, 15) is 55.9 Å². The number of ether oxygens (including phenoxy) is 6. The second-order valence-electron chi connectivity index (χ2n) is 10.1. The molecule has 17 heteroatoms. The van der Waals surface area contributed by atoms with Crippen molar-refractivity contribution >= 4 is 5.78 Å². The molecule has 0 radical (unpaired) electrons. The Hall–Kier alpha value is -2.23. The monoisotopic (exact) mass is 594 g/mol. The van der Waals surface area contributed by atoms with Crippen LogP contribution in [0.2, 0.25) is 0 Å². The van der Waals surface area contributed by atoms with Crippen LogP contribution in [0.3, 0.4) is 0 Å². The number of phenolic OH excluding ortho intramolecular Hbond substituents is 2. The Morgan fingerprint density at radius 2 is 1.61 bits per heavy atom. The second-order valence-corrected chi connectivity index (χ2v) is 10.1. The highest BCUT2D eigenvalue weighted by atomic mass is 16.8. The van der Waals surface area contributed by atoms with Crippen molar-refractivity contribution in [3.63, 3.8) is 0 Å². The summed E-state index contributed by atoms with van der Waals surface area (Å²) in [5.41, 5.74) is -2.48. The van der Waals surface area contributed by atoms with E-state index in [4.69, 9.17) is 28.4 Å². The van der Waals surface area contributed by atoms with Crippen LogP contribution in [0.25, 0.3) is 0 Å². The number of hydrogen-bond donors (Lipinski definition) is 10. The molecule has 232 valence electrons. The van der Waals surface area contributed by atoms with Crippen molar-refractivity contribution in [1.29, 1.82) is 0 Å². The van der Waals surface area contributed by atoms with Gasteiger partial charge in [0.15, 0.2) is 24.5 Å². The molecule has 0 aromatic heterocycles. The summed E-state index contributed by atoms with van der Waals surface area (Å²) in [6.45, 7) is -1.25. The van der Waals surface area contributed by atoms with Gasteiger partial charge in [-0.15, -0.1) is 0 Å². The summed E-state index contributed by atoms with van der Waals surface area (Å²) in [6, 6.07) is 1.92. The molecule has 10 N–H and O–H groups in total. The van der Waals surface area contributed by atoms with Gasteiger partial charge in [-0.3, -0.25) is 4.79 Å². The van der Waals surface area contributed by atoms with E-state index >= 15 is 0 Å². The molecule has 3 heterocycles. The van der Waals surface area contributed by atoms with Gasteiger partial charge in [0.2, 0.25) is 6.29 Å². The van der Waals surface area contributed by atoms with Gasteiger partial charge in [0, 0.05) is 12.1 Å². The highest BCUT2D eigenvalue weighted by Crippen LogP contribution is 2.36. The maximum absolute atomic E-state index is 11.7. The van der Waals surface area contributed by atoms with Crippen molar-refractivity contribution in [3.05, 3.63) is 17.7 Å². The minimum absolute atomic E-state index is 0.283. The number of benzene rings is 1. The lowest BCUT2D eigenvalue weighted by Gasteiger charge is -2.43. The lowest BCUT2D eigenvalue weighted by atomic mass is 9.98. The van der Waals surface area contributed by atoms with Crippen molar-refractivity contribution in [2.75, 3.05) is 26.4 Å². The van der Waals surface area contributed by atoms with Crippen LogP contribution in [0.15, 0.2) is 12.1 Å². The molecular weight excluding hydrogens is 560 g/mol. The number of aromatic hydroxyl groups is 2. The van der Waals surface area contributed by atoms with Gasteiger partial charge in [0.1, 0.15) is 71.1 Å². The van der Waals surface area contributed by atoms with E-state index in [2.05, 4.69) is 0 Å². The van der Waals surface area contributed by atoms with Crippen molar-refractivity contribution in [3.8, 4) is 17.2 Å². The fraction of sp³-hybridized carbons (Fsp3) is 0.708. The second kappa shape index (κ2) is 12.6. The Bertz CT molecular complexity index is 1050. The van der Waals surface area contributed by atoms with E-state index in [0.717, 1.165) is 19.1 Å². The van der Waals surface area contributed by atoms with Crippen molar-refractivity contribution in [2.45, 2.75) is 80.2 Å².